The van der Waals surface area contributed by atoms with Crippen molar-refractivity contribution in [2.24, 2.45) is 7.05 Å². The van der Waals surface area contributed by atoms with Crippen molar-refractivity contribution in [2.45, 2.75) is 6.92 Å². The van der Waals surface area contributed by atoms with Gasteiger partial charge < -0.3 is 9.88 Å². The first-order chi connectivity index (χ1) is 8.19. The van der Waals surface area contributed by atoms with Crippen molar-refractivity contribution in [3.63, 3.8) is 0 Å². The fourth-order valence-corrected chi connectivity index (χ4v) is 1.95. The monoisotopic (exact) mass is 226 g/mol. The largest absolute Gasteiger partial charge is 0.384 e. The van der Waals surface area contributed by atoms with Crippen LogP contribution in [0.1, 0.15) is 12.5 Å². The van der Waals surface area contributed by atoms with Crippen LogP contribution in [0, 0.1) is 12.3 Å². The van der Waals surface area contributed by atoms with Crippen molar-refractivity contribution in [3.8, 4) is 12.3 Å². The summed E-state index contributed by atoms with van der Waals surface area (Å²) in [6.45, 7) is 2.83. The van der Waals surface area contributed by atoms with Crippen molar-refractivity contribution in [1.29, 1.82) is 0 Å². The van der Waals surface area contributed by atoms with E-state index in [0.717, 1.165) is 28.7 Å². The summed E-state index contributed by atoms with van der Waals surface area (Å²) in [7, 11) is 1.75. The zero-order valence-corrected chi connectivity index (χ0v) is 9.95. The van der Waals surface area contributed by atoms with Gasteiger partial charge in [-0.15, -0.1) is 6.42 Å². The second kappa shape index (κ2) is 4.34. The molecule has 86 valence electrons. The van der Waals surface area contributed by atoms with E-state index in [1.54, 1.807) is 23.7 Å². The molecule has 1 heterocycles. The van der Waals surface area contributed by atoms with Crippen molar-refractivity contribution in [3.05, 3.63) is 40.2 Å². The second-order valence-corrected chi connectivity index (χ2v) is 3.83. The van der Waals surface area contributed by atoms with Crippen molar-refractivity contribution < 1.29 is 0 Å². The fourth-order valence-electron chi connectivity index (χ4n) is 1.95. The molecular formula is C14H14N2O. The number of aryl methyl sites for hydroxylation is 1. The smallest absolute Gasteiger partial charge is 0.250 e. The number of hydrogen-bond acceptors (Lipinski definition) is 2. The maximum atomic E-state index is 11.5. The molecular weight excluding hydrogens is 212 g/mol. The number of benzene rings is 1. The maximum Gasteiger partial charge on any atom is 0.250 e. The minimum Gasteiger partial charge on any atom is -0.384 e. The molecule has 17 heavy (non-hydrogen) atoms. The van der Waals surface area contributed by atoms with Gasteiger partial charge in [-0.25, -0.2) is 0 Å². The Kier molecular flexibility index (Phi) is 2.88. The van der Waals surface area contributed by atoms with Gasteiger partial charge in [0.05, 0.1) is 16.8 Å². The number of hydrogen-bond donors (Lipinski definition) is 1. The molecule has 2 aromatic rings. The molecule has 1 N–H and O–H groups in total. The Morgan fingerprint density at radius 3 is 2.76 bits per heavy atom. The Hall–Kier alpha value is -2.21. The average molecular weight is 226 g/mol. The van der Waals surface area contributed by atoms with Crippen LogP contribution in [-0.4, -0.2) is 11.1 Å². The van der Waals surface area contributed by atoms with E-state index in [1.165, 1.54) is 0 Å². The van der Waals surface area contributed by atoms with Crippen LogP contribution in [0.5, 0.6) is 0 Å². The van der Waals surface area contributed by atoms with Gasteiger partial charge in [0, 0.05) is 25.0 Å². The van der Waals surface area contributed by atoms with Crippen LogP contribution >= 0.6 is 0 Å². The van der Waals surface area contributed by atoms with Crippen molar-refractivity contribution in [2.75, 3.05) is 11.9 Å². The molecule has 0 atom stereocenters. The van der Waals surface area contributed by atoms with Gasteiger partial charge >= 0.3 is 0 Å². The number of pyridine rings is 1. The molecule has 0 aliphatic heterocycles. The number of rotatable bonds is 2. The Bertz CT molecular complexity index is 662. The maximum absolute atomic E-state index is 11.5. The van der Waals surface area contributed by atoms with Gasteiger partial charge in [0.15, 0.2) is 0 Å². The number of fused-ring (bicyclic) bond motifs is 1. The predicted molar refractivity (Wildman–Crippen MR) is 71.3 cm³/mol. The number of nitrogens with one attached hydrogen (secondary N) is 1. The van der Waals surface area contributed by atoms with E-state index < -0.39 is 0 Å². The summed E-state index contributed by atoms with van der Waals surface area (Å²) in [4.78, 5) is 11.5. The molecule has 0 radical (unpaired) electrons. The van der Waals surface area contributed by atoms with E-state index in [2.05, 4.69) is 11.2 Å². The van der Waals surface area contributed by atoms with Gasteiger partial charge in [0.25, 0.3) is 5.56 Å². The van der Waals surface area contributed by atoms with Gasteiger partial charge in [0.2, 0.25) is 0 Å². The topological polar surface area (TPSA) is 34.0 Å². The third kappa shape index (κ3) is 1.78. The van der Waals surface area contributed by atoms with Crippen LogP contribution in [0.2, 0.25) is 0 Å². The van der Waals surface area contributed by atoms with E-state index in [4.69, 9.17) is 6.42 Å². The van der Waals surface area contributed by atoms with Crippen molar-refractivity contribution >= 4 is 16.6 Å². The Morgan fingerprint density at radius 2 is 2.12 bits per heavy atom. The lowest BCUT2D eigenvalue weighted by Gasteiger charge is -2.11. The summed E-state index contributed by atoms with van der Waals surface area (Å²) < 4.78 is 1.60. The van der Waals surface area contributed by atoms with Crippen LogP contribution in [0.3, 0.4) is 0 Å². The highest BCUT2D eigenvalue weighted by atomic mass is 16.1. The molecule has 0 unspecified atom stereocenters. The zero-order chi connectivity index (χ0) is 12.4. The molecule has 3 nitrogen and oxygen atoms in total. The molecule has 0 bridgehead atoms. The van der Waals surface area contributed by atoms with Gasteiger partial charge in [-0.2, -0.15) is 0 Å². The fraction of sp³-hybridized carbons (Fsp3) is 0.214. The first-order valence-electron chi connectivity index (χ1n) is 5.52. The Balaban J connectivity index is 2.84. The summed E-state index contributed by atoms with van der Waals surface area (Å²) in [5.41, 5.74) is 2.56. The van der Waals surface area contributed by atoms with E-state index in [0.29, 0.717) is 0 Å². The van der Waals surface area contributed by atoms with Gasteiger partial charge in [-0.1, -0.05) is 5.92 Å². The molecule has 0 fully saturated rings. The molecule has 3 heteroatoms. The Labute approximate surface area is 100 Å². The first-order valence-corrected chi connectivity index (χ1v) is 5.52. The lowest BCUT2D eigenvalue weighted by Crippen LogP contribution is -2.15. The van der Waals surface area contributed by atoms with Crippen LogP contribution in [0.15, 0.2) is 29.1 Å². The third-order valence-electron chi connectivity index (χ3n) is 2.82. The highest BCUT2D eigenvalue weighted by Gasteiger charge is 2.07. The van der Waals surface area contributed by atoms with Crippen LogP contribution in [0.25, 0.3) is 10.9 Å². The van der Waals surface area contributed by atoms with E-state index in [1.807, 2.05) is 19.1 Å². The predicted octanol–water partition coefficient (Wildman–Crippen LogP) is 1.95. The SMILES string of the molecule is C#Cc1c(NCC)ccc2c1ccc(=O)n2C. The minimum atomic E-state index is -0.0309. The number of anilines is 1. The molecule has 0 saturated carbocycles. The molecule has 1 aromatic heterocycles. The molecule has 2 rings (SSSR count). The number of aromatic nitrogens is 1. The summed E-state index contributed by atoms with van der Waals surface area (Å²) >= 11 is 0. The first kappa shape index (κ1) is 11.3. The second-order valence-electron chi connectivity index (χ2n) is 3.83. The standard InChI is InChI=1S/C14H14N2O/c1-4-10-11-6-9-14(17)16(3)13(11)8-7-12(10)15-5-2/h1,6-9,15H,5H2,2-3H3. The summed E-state index contributed by atoms with van der Waals surface area (Å²) in [6, 6.07) is 7.16. The Morgan fingerprint density at radius 1 is 1.35 bits per heavy atom. The average Bonchev–Trinajstić information content (AvgIpc) is 2.34. The molecule has 0 aliphatic rings. The van der Waals surface area contributed by atoms with E-state index >= 15 is 0 Å². The van der Waals surface area contributed by atoms with E-state index in [9.17, 15) is 4.79 Å². The molecule has 0 amide bonds. The minimum absolute atomic E-state index is 0.0309. The van der Waals surface area contributed by atoms with Gasteiger partial charge in [-0.3, -0.25) is 4.79 Å². The number of nitrogens with zero attached hydrogens (tertiary/aromatic N) is 1. The van der Waals surface area contributed by atoms with E-state index in [-0.39, 0.29) is 5.56 Å². The summed E-state index contributed by atoms with van der Waals surface area (Å²) in [6.07, 6.45) is 5.56. The molecule has 0 spiro atoms. The third-order valence-corrected chi connectivity index (χ3v) is 2.82. The molecule has 0 aliphatic carbocycles. The van der Waals surface area contributed by atoms with Gasteiger partial charge in [0.1, 0.15) is 0 Å². The lowest BCUT2D eigenvalue weighted by atomic mass is 10.1. The highest BCUT2D eigenvalue weighted by molar-refractivity contribution is 5.90. The van der Waals surface area contributed by atoms with Gasteiger partial charge in [-0.05, 0) is 25.1 Å². The molecule has 0 saturated heterocycles. The zero-order valence-electron chi connectivity index (χ0n) is 9.95. The lowest BCUT2D eigenvalue weighted by molar-refractivity contribution is 0.906. The number of terminal acetylenes is 1. The van der Waals surface area contributed by atoms with Crippen LogP contribution < -0.4 is 10.9 Å². The summed E-state index contributed by atoms with van der Waals surface area (Å²) in [5, 5.41) is 4.15. The van der Waals surface area contributed by atoms with Crippen molar-refractivity contribution in [1.82, 2.24) is 4.57 Å². The normalized spacial score (nSPS) is 10.2. The summed E-state index contributed by atoms with van der Waals surface area (Å²) in [5.74, 6) is 2.69. The van der Waals surface area contributed by atoms with Crippen LogP contribution in [0.4, 0.5) is 5.69 Å². The quantitative estimate of drug-likeness (QED) is 0.794. The molecule has 1 aromatic carbocycles. The van der Waals surface area contributed by atoms with Crippen LogP contribution in [-0.2, 0) is 7.05 Å². The highest BCUT2D eigenvalue weighted by Crippen LogP contribution is 2.24.